The van der Waals surface area contributed by atoms with Crippen LogP contribution in [0.15, 0.2) is 42.7 Å². The smallest absolute Gasteiger partial charge is 0.167 e. The SMILES string of the molecule is Nc1ccc(C(=O)Cc2ccncc2Cl)cc1. The summed E-state index contributed by atoms with van der Waals surface area (Å²) in [5, 5.41) is 0.510. The Morgan fingerprint density at radius 2 is 1.94 bits per heavy atom. The standard InChI is InChI=1S/C13H11ClN2O/c14-12-8-16-6-5-10(12)7-13(17)9-1-3-11(15)4-2-9/h1-6,8H,7,15H2. The van der Waals surface area contributed by atoms with Crippen molar-refractivity contribution in [3.8, 4) is 0 Å². The van der Waals surface area contributed by atoms with Crippen LogP contribution >= 0.6 is 11.6 Å². The van der Waals surface area contributed by atoms with E-state index in [4.69, 9.17) is 17.3 Å². The highest BCUT2D eigenvalue weighted by molar-refractivity contribution is 6.31. The zero-order valence-corrected chi connectivity index (χ0v) is 9.82. The molecular weight excluding hydrogens is 236 g/mol. The highest BCUT2D eigenvalue weighted by atomic mass is 35.5. The first-order valence-electron chi connectivity index (χ1n) is 5.14. The van der Waals surface area contributed by atoms with E-state index in [2.05, 4.69) is 4.98 Å². The number of rotatable bonds is 3. The van der Waals surface area contributed by atoms with E-state index in [0.29, 0.717) is 16.3 Å². The van der Waals surface area contributed by atoms with E-state index >= 15 is 0 Å². The molecule has 2 N–H and O–H groups in total. The Labute approximate surface area is 104 Å². The molecule has 0 aliphatic carbocycles. The molecule has 1 aromatic heterocycles. The minimum Gasteiger partial charge on any atom is -0.399 e. The molecule has 0 saturated carbocycles. The summed E-state index contributed by atoms with van der Waals surface area (Å²) in [5.74, 6) is 0.0121. The number of carbonyl (C=O) groups is 1. The molecule has 1 heterocycles. The largest absolute Gasteiger partial charge is 0.399 e. The summed E-state index contributed by atoms with van der Waals surface area (Å²) in [6, 6.07) is 8.60. The van der Waals surface area contributed by atoms with Gasteiger partial charge in [0.2, 0.25) is 0 Å². The summed E-state index contributed by atoms with van der Waals surface area (Å²) in [7, 11) is 0. The number of anilines is 1. The molecule has 0 unspecified atom stereocenters. The van der Waals surface area contributed by atoms with E-state index in [1.807, 2.05) is 0 Å². The second-order valence-corrected chi connectivity index (χ2v) is 4.10. The number of halogens is 1. The van der Waals surface area contributed by atoms with Crippen LogP contribution in [-0.2, 0) is 6.42 Å². The predicted molar refractivity (Wildman–Crippen MR) is 68.1 cm³/mol. The van der Waals surface area contributed by atoms with Crippen molar-refractivity contribution < 1.29 is 4.79 Å². The summed E-state index contributed by atoms with van der Waals surface area (Å²) in [5.41, 5.74) is 7.62. The van der Waals surface area contributed by atoms with Crippen molar-refractivity contribution in [3.05, 3.63) is 58.9 Å². The Morgan fingerprint density at radius 1 is 1.24 bits per heavy atom. The Hall–Kier alpha value is -1.87. The number of hydrogen-bond acceptors (Lipinski definition) is 3. The summed E-state index contributed by atoms with van der Waals surface area (Å²) in [6.45, 7) is 0. The molecule has 17 heavy (non-hydrogen) atoms. The van der Waals surface area contributed by atoms with E-state index < -0.39 is 0 Å². The third kappa shape index (κ3) is 2.82. The van der Waals surface area contributed by atoms with Crippen molar-refractivity contribution in [1.29, 1.82) is 0 Å². The lowest BCUT2D eigenvalue weighted by Gasteiger charge is -2.03. The number of Topliss-reactive ketones (excluding diaryl/α,β-unsaturated/α-hetero) is 1. The molecule has 0 aliphatic heterocycles. The zero-order chi connectivity index (χ0) is 12.3. The van der Waals surface area contributed by atoms with Gasteiger partial charge in [0.05, 0.1) is 5.02 Å². The molecule has 2 rings (SSSR count). The minimum absolute atomic E-state index is 0.0121. The number of nitrogens with two attached hydrogens (primary N) is 1. The van der Waals surface area contributed by atoms with Crippen LogP contribution in [0.1, 0.15) is 15.9 Å². The number of carbonyl (C=O) groups excluding carboxylic acids is 1. The fraction of sp³-hybridized carbons (Fsp3) is 0.0769. The highest BCUT2D eigenvalue weighted by Crippen LogP contribution is 2.16. The molecule has 3 nitrogen and oxygen atoms in total. The highest BCUT2D eigenvalue weighted by Gasteiger charge is 2.09. The fourth-order valence-electron chi connectivity index (χ4n) is 1.49. The summed E-state index contributed by atoms with van der Waals surface area (Å²) in [6.07, 6.45) is 3.43. The van der Waals surface area contributed by atoms with Gasteiger partial charge in [0.1, 0.15) is 0 Å². The molecule has 2 aromatic rings. The van der Waals surface area contributed by atoms with Crippen LogP contribution < -0.4 is 5.73 Å². The molecular formula is C13H11ClN2O. The molecule has 0 aliphatic rings. The maximum atomic E-state index is 12.0. The number of nitrogens with zero attached hydrogens (tertiary/aromatic N) is 1. The van der Waals surface area contributed by atoms with Gasteiger partial charge < -0.3 is 5.73 Å². The van der Waals surface area contributed by atoms with Crippen LogP contribution in [0.4, 0.5) is 5.69 Å². The predicted octanol–water partition coefficient (Wildman–Crippen LogP) is 2.74. The van der Waals surface area contributed by atoms with E-state index in [-0.39, 0.29) is 12.2 Å². The maximum absolute atomic E-state index is 12.0. The molecule has 1 aromatic carbocycles. The third-order valence-electron chi connectivity index (χ3n) is 2.44. The van der Waals surface area contributed by atoms with Crippen molar-refractivity contribution in [1.82, 2.24) is 4.98 Å². The second kappa shape index (κ2) is 4.97. The van der Waals surface area contributed by atoms with Crippen LogP contribution in [0.25, 0.3) is 0 Å². The van der Waals surface area contributed by atoms with Gasteiger partial charge in [0.25, 0.3) is 0 Å². The van der Waals surface area contributed by atoms with Crippen molar-refractivity contribution in [3.63, 3.8) is 0 Å². The Bertz CT molecular complexity index is 537. The van der Waals surface area contributed by atoms with Crippen LogP contribution in [-0.4, -0.2) is 10.8 Å². The van der Waals surface area contributed by atoms with Gasteiger partial charge >= 0.3 is 0 Å². The molecule has 86 valence electrons. The summed E-state index contributed by atoms with van der Waals surface area (Å²) >= 11 is 5.95. The van der Waals surface area contributed by atoms with Crippen LogP contribution in [0.5, 0.6) is 0 Å². The lowest BCUT2D eigenvalue weighted by Crippen LogP contribution is -2.04. The number of benzene rings is 1. The number of ketones is 1. The number of aromatic nitrogens is 1. The molecule has 0 saturated heterocycles. The van der Waals surface area contributed by atoms with Crippen molar-refractivity contribution in [2.45, 2.75) is 6.42 Å². The first-order chi connectivity index (χ1) is 8.16. The molecule has 0 spiro atoms. The van der Waals surface area contributed by atoms with Gasteiger partial charge in [0, 0.05) is 30.1 Å². The van der Waals surface area contributed by atoms with Gasteiger partial charge in [-0.05, 0) is 35.9 Å². The molecule has 0 radical (unpaired) electrons. The van der Waals surface area contributed by atoms with Crippen molar-refractivity contribution in [2.75, 3.05) is 5.73 Å². The van der Waals surface area contributed by atoms with Gasteiger partial charge in [-0.3, -0.25) is 9.78 Å². The first kappa shape index (κ1) is 11.6. The Balaban J connectivity index is 2.17. The topological polar surface area (TPSA) is 56.0 Å². The van der Waals surface area contributed by atoms with Crippen LogP contribution in [0.3, 0.4) is 0 Å². The maximum Gasteiger partial charge on any atom is 0.167 e. The summed E-state index contributed by atoms with van der Waals surface area (Å²) < 4.78 is 0. The van der Waals surface area contributed by atoms with Gasteiger partial charge in [0.15, 0.2) is 5.78 Å². The number of nitrogen functional groups attached to an aromatic ring is 1. The molecule has 4 heteroatoms. The quantitative estimate of drug-likeness (QED) is 0.669. The average Bonchev–Trinajstić information content (AvgIpc) is 2.33. The second-order valence-electron chi connectivity index (χ2n) is 3.69. The average molecular weight is 247 g/mol. The Kier molecular flexibility index (Phi) is 3.40. The summed E-state index contributed by atoms with van der Waals surface area (Å²) in [4.78, 5) is 15.8. The number of hydrogen-bond donors (Lipinski definition) is 1. The Morgan fingerprint density at radius 3 is 2.59 bits per heavy atom. The van der Waals surface area contributed by atoms with E-state index in [9.17, 15) is 4.79 Å². The zero-order valence-electron chi connectivity index (χ0n) is 9.06. The fourth-order valence-corrected chi connectivity index (χ4v) is 1.68. The van der Waals surface area contributed by atoms with Gasteiger partial charge in [-0.1, -0.05) is 11.6 Å². The monoisotopic (exact) mass is 246 g/mol. The third-order valence-corrected chi connectivity index (χ3v) is 2.78. The molecule has 0 atom stereocenters. The van der Waals surface area contributed by atoms with Gasteiger partial charge in [-0.25, -0.2) is 0 Å². The molecule has 0 fully saturated rings. The normalized spacial score (nSPS) is 10.2. The van der Waals surface area contributed by atoms with E-state index in [1.54, 1.807) is 36.5 Å². The van der Waals surface area contributed by atoms with Crippen LogP contribution in [0, 0.1) is 0 Å². The van der Waals surface area contributed by atoms with Crippen molar-refractivity contribution in [2.24, 2.45) is 0 Å². The lowest BCUT2D eigenvalue weighted by atomic mass is 10.0. The van der Waals surface area contributed by atoms with Gasteiger partial charge in [-0.2, -0.15) is 0 Å². The molecule has 0 bridgehead atoms. The minimum atomic E-state index is 0.0121. The van der Waals surface area contributed by atoms with E-state index in [1.165, 1.54) is 6.20 Å². The first-order valence-corrected chi connectivity index (χ1v) is 5.52. The van der Waals surface area contributed by atoms with Crippen molar-refractivity contribution >= 4 is 23.1 Å². The lowest BCUT2D eigenvalue weighted by molar-refractivity contribution is 0.0993. The number of pyridine rings is 1. The van der Waals surface area contributed by atoms with Gasteiger partial charge in [-0.15, -0.1) is 0 Å². The molecule has 0 amide bonds. The van der Waals surface area contributed by atoms with Crippen LogP contribution in [0.2, 0.25) is 5.02 Å². The van der Waals surface area contributed by atoms with E-state index in [0.717, 1.165) is 5.56 Å².